The first kappa shape index (κ1) is 17.1. The van der Waals surface area contributed by atoms with Crippen molar-refractivity contribution in [3.8, 4) is 0 Å². The van der Waals surface area contributed by atoms with Crippen molar-refractivity contribution in [2.24, 2.45) is 5.10 Å². The molecule has 130 valence electrons. The highest BCUT2D eigenvalue weighted by Gasteiger charge is 2.31. The third-order valence-electron chi connectivity index (χ3n) is 4.42. The molecule has 0 saturated heterocycles. The first-order chi connectivity index (χ1) is 12.6. The molecule has 3 aromatic carbocycles. The van der Waals surface area contributed by atoms with Gasteiger partial charge in [0, 0.05) is 22.0 Å². The molecule has 0 unspecified atom stereocenters. The van der Waals surface area contributed by atoms with Crippen LogP contribution in [0.15, 0.2) is 77.9 Å². The van der Waals surface area contributed by atoms with Gasteiger partial charge in [-0.3, -0.25) is 5.01 Å². The summed E-state index contributed by atoms with van der Waals surface area (Å²) in [6.45, 7) is 0. The number of hydrogen-bond donors (Lipinski definition) is 0. The highest BCUT2D eigenvalue weighted by molar-refractivity contribution is 6.31. The van der Waals surface area contributed by atoms with Crippen molar-refractivity contribution in [1.82, 2.24) is 0 Å². The van der Waals surface area contributed by atoms with Gasteiger partial charge in [-0.2, -0.15) is 5.10 Å². The fourth-order valence-electron chi connectivity index (χ4n) is 3.17. The summed E-state index contributed by atoms with van der Waals surface area (Å²) >= 11 is 12.1. The predicted octanol–water partition coefficient (Wildman–Crippen LogP) is 6.49. The lowest BCUT2D eigenvalue weighted by molar-refractivity contribution is 0.579. The average molecular weight is 385 g/mol. The van der Waals surface area contributed by atoms with E-state index >= 15 is 0 Å². The lowest BCUT2D eigenvalue weighted by Gasteiger charge is -2.24. The quantitative estimate of drug-likeness (QED) is 0.503. The van der Waals surface area contributed by atoms with Crippen LogP contribution in [-0.4, -0.2) is 5.71 Å². The molecule has 4 rings (SSSR count). The number of benzene rings is 3. The molecule has 0 bridgehead atoms. The van der Waals surface area contributed by atoms with Gasteiger partial charge in [0.1, 0.15) is 5.82 Å². The molecule has 26 heavy (non-hydrogen) atoms. The lowest BCUT2D eigenvalue weighted by Crippen LogP contribution is -2.19. The van der Waals surface area contributed by atoms with Crippen LogP contribution in [0, 0.1) is 5.82 Å². The second-order valence-corrected chi connectivity index (χ2v) is 6.99. The Morgan fingerprint density at radius 1 is 0.885 bits per heavy atom. The molecular weight excluding hydrogens is 370 g/mol. The Labute approximate surface area is 161 Å². The van der Waals surface area contributed by atoms with Crippen LogP contribution in [0.4, 0.5) is 10.1 Å². The summed E-state index contributed by atoms with van der Waals surface area (Å²) in [6, 6.07) is 21.5. The summed E-state index contributed by atoms with van der Waals surface area (Å²) in [7, 11) is 0. The molecule has 5 heteroatoms. The summed E-state index contributed by atoms with van der Waals surface area (Å²) in [5, 5.41) is 7.91. The zero-order valence-electron chi connectivity index (χ0n) is 13.7. The third-order valence-corrected chi connectivity index (χ3v) is 4.91. The van der Waals surface area contributed by atoms with Crippen LogP contribution in [0.2, 0.25) is 10.0 Å². The van der Waals surface area contributed by atoms with E-state index in [1.165, 1.54) is 6.07 Å². The normalized spacial score (nSPS) is 16.7. The van der Waals surface area contributed by atoms with Crippen LogP contribution in [0.3, 0.4) is 0 Å². The highest BCUT2D eigenvalue weighted by Crippen LogP contribution is 2.38. The van der Waals surface area contributed by atoms with Crippen LogP contribution in [0.5, 0.6) is 0 Å². The van der Waals surface area contributed by atoms with Crippen molar-refractivity contribution in [3.05, 3.63) is 99.8 Å². The van der Waals surface area contributed by atoms with Crippen molar-refractivity contribution in [3.63, 3.8) is 0 Å². The van der Waals surface area contributed by atoms with Gasteiger partial charge in [-0.05, 0) is 42.0 Å². The summed E-state index contributed by atoms with van der Waals surface area (Å²) in [5.41, 5.74) is 3.30. The number of nitrogens with zero attached hydrogens (tertiary/aromatic N) is 2. The van der Waals surface area contributed by atoms with E-state index < -0.39 is 0 Å². The molecule has 1 heterocycles. The molecule has 0 aliphatic carbocycles. The van der Waals surface area contributed by atoms with E-state index in [2.05, 4.69) is 0 Å². The van der Waals surface area contributed by atoms with Gasteiger partial charge >= 0.3 is 0 Å². The number of hydrogen-bond acceptors (Lipinski definition) is 2. The monoisotopic (exact) mass is 384 g/mol. The molecule has 1 aliphatic rings. The molecule has 0 N–H and O–H groups in total. The van der Waals surface area contributed by atoms with Crippen LogP contribution >= 0.6 is 23.2 Å². The maximum atomic E-state index is 14.5. The fraction of sp³-hybridized carbons (Fsp3) is 0.0952. The Balaban J connectivity index is 1.78. The average Bonchev–Trinajstić information content (AvgIpc) is 3.08. The van der Waals surface area contributed by atoms with E-state index in [1.807, 2.05) is 59.6 Å². The SMILES string of the molecule is Fc1ccccc1[C@@H]1CC(c2ccc(Cl)cc2)=NN1c1cccc(Cl)c1. The Morgan fingerprint density at radius 2 is 1.65 bits per heavy atom. The van der Waals surface area contributed by atoms with E-state index in [1.54, 1.807) is 12.1 Å². The predicted molar refractivity (Wildman–Crippen MR) is 106 cm³/mol. The molecule has 3 aromatic rings. The first-order valence-corrected chi connectivity index (χ1v) is 9.00. The van der Waals surface area contributed by atoms with Crippen molar-refractivity contribution >= 4 is 34.6 Å². The smallest absolute Gasteiger partial charge is 0.128 e. The number of anilines is 1. The second-order valence-electron chi connectivity index (χ2n) is 6.12. The first-order valence-electron chi connectivity index (χ1n) is 8.24. The van der Waals surface area contributed by atoms with Gasteiger partial charge < -0.3 is 0 Å². The zero-order valence-corrected chi connectivity index (χ0v) is 15.3. The maximum Gasteiger partial charge on any atom is 0.128 e. The van der Waals surface area contributed by atoms with E-state index in [9.17, 15) is 4.39 Å². The van der Waals surface area contributed by atoms with Crippen molar-refractivity contribution in [2.75, 3.05) is 5.01 Å². The van der Waals surface area contributed by atoms with Gasteiger partial charge in [0.05, 0.1) is 17.4 Å². The minimum Gasteiger partial charge on any atom is -0.257 e. The van der Waals surface area contributed by atoms with Gasteiger partial charge in [-0.25, -0.2) is 4.39 Å². The summed E-state index contributed by atoms with van der Waals surface area (Å²) < 4.78 is 14.5. The van der Waals surface area contributed by atoms with Crippen LogP contribution < -0.4 is 5.01 Å². The van der Waals surface area contributed by atoms with E-state index in [0.717, 1.165) is 17.0 Å². The molecule has 2 nitrogen and oxygen atoms in total. The topological polar surface area (TPSA) is 15.6 Å². The van der Waals surface area contributed by atoms with Crippen molar-refractivity contribution in [1.29, 1.82) is 0 Å². The Hall–Kier alpha value is -2.36. The minimum atomic E-state index is -0.239. The molecular formula is C21H15Cl2FN2. The minimum absolute atomic E-state index is 0.236. The molecule has 0 saturated carbocycles. The standard InChI is InChI=1S/C21H15Cl2FN2/c22-15-10-8-14(9-11-15)20-13-21(18-6-1-2-7-19(18)24)26(25-20)17-5-3-4-16(23)12-17/h1-12,21H,13H2/t21-/m0/s1. The number of halogens is 3. The molecule has 0 amide bonds. The van der Waals surface area contributed by atoms with Crippen LogP contribution in [0.1, 0.15) is 23.6 Å². The Kier molecular flexibility index (Phi) is 4.66. The lowest BCUT2D eigenvalue weighted by atomic mass is 9.98. The molecule has 0 spiro atoms. The van der Waals surface area contributed by atoms with E-state index in [0.29, 0.717) is 22.0 Å². The fourth-order valence-corrected chi connectivity index (χ4v) is 3.48. The molecule has 0 aromatic heterocycles. The zero-order chi connectivity index (χ0) is 18.1. The second kappa shape index (κ2) is 7.10. The number of rotatable bonds is 3. The third kappa shape index (κ3) is 3.33. The largest absolute Gasteiger partial charge is 0.257 e. The number of hydrazone groups is 1. The van der Waals surface area contributed by atoms with Crippen LogP contribution in [-0.2, 0) is 0 Å². The summed E-state index contributed by atoms with van der Waals surface area (Å²) in [4.78, 5) is 0. The molecule has 1 aliphatic heterocycles. The van der Waals surface area contributed by atoms with Crippen LogP contribution in [0.25, 0.3) is 0 Å². The van der Waals surface area contributed by atoms with Crippen molar-refractivity contribution in [2.45, 2.75) is 12.5 Å². The molecule has 0 fully saturated rings. The van der Waals surface area contributed by atoms with Gasteiger partial charge in [0.25, 0.3) is 0 Å². The van der Waals surface area contributed by atoms with E-state index in [4.69, 9.17) is 28.3 Å². The van der Waals surface area contributed by atoms with Gasteiger partial charge in [0.15, 0.2) is 0 Å². The molecule has 0 radical (unpaired) electrons. The van der Waals surface area contributed by atoms with Gasteiger partial charge in [-0.1, -0.05) is 59.6 Å². The van der Waals surface area contributed by atoms with Gasteiger partial charge in [0.2, 0.25) is 0 Å². The Morgan fingerprint density at radius 3 is 2.38 bits per heavy atom. The van der Waals surface area contributed by atoms with Gasteiger partial charge in [-0.15, -0.1) is 0 Å². The molecule has 1 atom stereocenters. The van der Waals surface area contributed by atoms with Crippen molar-refractivity contribution < 1.29 is 4.39 Å². The maximum absolute atomic E-state index is 14.5. The Bertz CT molecular complexity index is 970. The van der Waals surface area contributed by atoms with E-state index in [-0.39, 0.29) is 11.9 Å². The summed E-state index contributed by atoms with van der Waals surface area (Å²) in [5.74, 6) is -0.239. The highest BCUT2D eigenvalue weighted by atomic mass is 35.5. The summed E-state index contributed by atoms with van der Waals surface area (Å²) in [6.07, 6.45) is 0.592.